The largest absolute Gasteiger partial charge is 0.332 e. The Morgan fingerprint density at radius 3 is 2.74 bits per heavy atom. The Morgan fingerprint density at radius 1 is 1.30 bits per heavy atom. The lowest BCUT2D eigenvalue weighted by Crippen LogP contribution is -2.30. The zero-order valence-corrected chi connectivity index (χ0v) is 14.2. The van der Waals surface area contributed by atoms with Gasteiger partial charge < -0.3 is 4.90 Å². The van der Waals surface area contributed by atoms with Crippen molar-refractivity contribution >= 4 is 39.1 Å². The van der Waals surface area contributed by atoms with Crippen LogP contribution in [-0.2, 0) is 0 Å². The number of rotatable bonds is 3. The first-order valence-corrected chi connectivity index (χ1v) is 8.24. The van der Waals surface area contributed by atoms with Gasteiger partial charge in [-0.25, -0.2) is 9.37 Å². The highest BCUT2D eigenvalue weighted by atomic mass is 35.5. The summed E-state index contributed by atoms with van der Waals surface area (Å²) in [5.74, 6) is -1.02. The van der Waals surface area contributed by atoms with Crippen molar-refractivity contribution < 1.29 is 9.18 Å². The molecule has 0 saturated carbocycles. The van der Waals surface area contributed by atoms with Crippen LogP contribution in [0.15, 0.2) is 42.5 Å². The number of hydrogen-bond donors (Lipinski definition) is 0. The van der Waals surface area contributed by atoms with Crippen molar-refractivity contribution in [1.29, 1.82) is 0 Å². The average Bonchev–Trinajstić information content (AvgIpc) is 2.97. The summed E-state index contributed by atoms with van der Waals surface area (Å²) in [6, 6.07) is 11.6. The van der Waals surface area contributed by atoms with Crippen LogP contribution in [0.2, 0.25) is 5.02 Å². The maximum Gasteiger partial charge on any atom is 0.257 e. The van der Waals surface area contributed by atoms with Gasteiger partial charge in [-0.05, 0) is 37.3 Å². The number of thiazole rings is 1. The Hall–Kier alpha value is -1.98. The molecule has 0 fully saturated rings. The maximum absolute atomic E-state index is 13.9. The number of fused-ring (bicyclic) bond motifs is 1. The van der Waals surface area contributed by atoms with Gasteiger partial charge in [0.15, 0.2) is 0 Å². The second-order valence-corrected chi connectivity index (χ2v) is 6.73. The second kappa shape index (κ2) is 6.26. The van der Waals surface area contributed by atoms with Crippen LogP contribution in [0.1, 0.15) is 28.3 Å². The van der Waals surface area contributed by atoms with Crippen LogP contribution in [0.5, 0.6) is 0 Å². The normalized spacial score (nSPS) is 12.3. The summed E-state index contributed by atoms with van der Waals surface area (Å²) in [6.07, 6.45) is 0. The van der Waals surface area contributed by atoms with E-state index in [2.05, 4.69) is 4.98 Å². The Bertz CT molecular complexity index is 847. The van der Waals surface area contributed by atoms with E-state index >= 15 is 0 Å². The van der Waals surface area contributed by atoms with Gasteiger partial charge in [-0.1, -0.05) is 23.7 Å². The molecule has 1 atom stereocenters. The summed E-state index contributed by atoms with van der Waals surface area (Å²) in [5, 5.41) is 1.08. The lowest BCUT2D eigenvalue weighted by atomic mass is 10.1. The number of amides is 1. The lowest BCUT2D eigenvalue weighted by Gasteiger charge is -2.23. The van der Waals surface area contributed by atoms with Crippen molar-refractivity contribution in [1.82, 2.24) is 9.88 Å². The zero-order valence-electron chi connectivity index (χ0n) is 12.6. The van der Waals surface area contributed by atoms with Crippen molar-refractivity contribution in [2.24, 2.45) is 0 Å². The zero-order chi connectivity index (χ0) is 16.6. The fraction of sp³-hybridized carbons (Fsp3) is 0.176. The van der Waals surface area contributed by atoms with E-state index in [-0.39, 0.29) is 16.6 Å². The summed E-state index contributed by atoms with van der Waals surface area (Å²) >= 11 is 7.26. The van der Waals surface area contributed by atoms with E-state index in [1.807, 2.05) is 31.2 Å². The molecule has 0 saturated heterocycles. The van der Waals surface area contributed by atoms with Gasteiger partial charge in [0.25, 0.3) is 5.91 Å². The SMILES string of the molecule is C[C@H](c1nc2ccccc2s1)N(C)C(=O)c1ccc(Cl)cc1F. The summed E-state index contributed by atoms with van der Waals surface area (Å²) < 4.78 is 15.0. The van der Waals surface area contributed by atoms with E-state index in [4.69, 9.17) is 11.6 Å². The number of benzene rings is 2. The Balaban J connectivity index is 1.89. The molecule has 0 aliphatic heterocycles. The van der Waals surface area contributed by atoms with Gasteiger partial charge in [-0.3, -0.25) is 4.79 Å². The molecule has 0 aliphatic carbocycles. The van der Waals surface area contributed by atoms with Crippen molar-refractivity contribution in [2.75, 3.05) is 7.05 Å². The monoisotopic (exact) mass is 348 g/mol. The van der Waals surface area contributed by atoms with Crippen molar-refractivity contribution in [3.8, 4) is 0 Å². The number of halogens is 2. The van der Waals surface area contributed by atoms with E-state index in [9.17, 15) is 9.18 Å². The standard InChI is InChI=1S/C17H14ClFN2OS/c1-10(16-20-14-5-3-4-6-15(14)23-16)21(2)17(22)12-8-7-11(18)9-13(12)19/h3-10H,1-2H3/t10-/m1/s1. The van der Waals surface area contributed by atoms with Crippen LogP contribution in [0, 0.1) is 5.82 Å². The summed E-state index contributed by atoms with van der Waals surface area (Å²) in [4.78, 5) is 18.6. The minimum Gasteiger partial charge on any atom is -0.332 e. The molecule has 3 rings (SSSR count). The molecular formula is C17H14ClFN2OS. The van der Waals surface area contributed by atoms with Crippen LogP contribution in [0.3, 0.4) is 0 Å². The van der Waals surface area contributed by atoms with Gasteiger partial charge in [-0.15, -0.1) is 11.3 Å². The van der Waals surface area contributed by atoms with Gasteiger partial charge >= 0.3 is 0 Å². The molecule has 0 bridgehead atoms. The van der Waals surface area contributed by atoms with Crippen LogP contribution < -0.4 is 0 Å². The van der Waals surface area contributed by atoms with Crippen molar-refractivity contribution in [3.05, 3.63) is 63.9 Å². The third-order valence-corrected chi connectivity index (χ3v) is 5.17. The predicted molar refractivity (Wildman–Crippen MR) is 91.5 cm³/mol. The van der Waals surface area contributed by atoms with Crippen LogP contribution >= 0.6 is 22.9 Å². The molecule has 118 valence electrons. The van der Waals surface area contributed by atoms with Gasteiger partial charge in [0.1, 0.15) is 10.8 Å². The maximum atomic E-state index is 13.9. The van der Waals surface area contributed by atoms with Gasteiger partial charge in [0, 0.05) is 12.1 Å². The Kier molecular flexibility index (Phi) is 4.33. The molecule has 0 aliphatic rings. The van der Waals surface area contributed by atoms with E-state index < -0.39 is 11.7 Å². The van der Waals surface area contributed by atoms with E-state index in [1.54, 1.807) is 7.05 Å². The fourth-order valence-corrected chi connectivity index (χ4v) is 3.48. The van der Waals surface area contributed by atoms with Crippen LogP contribution in [0.25, 0.3) is 10.2 Å². The summed E-state index contributed by atoms with van der Waals surface area (Å²) in [7, 11) is 1.65. The minimum atomic E-state index is -0.620. The molecule has 0 N–H and O–H groups in total. The number of para-hydroxylation sites is 1. The number of carbonyl (C=O) groups excluding carboxylic acids is 1. The molecule has 2 aromatic carbocycles. The van der Waals surface area contributed by atoms with Crippen molar-refractivity contribution in [3.63, 3.8) is 0 Å². The average molecular weight is 349 g/mol. The Labute approximate surface area is 142 Å². The quantitative estimate of drug-likeness (QED) is 0.673. The molecule has 6 heteroatoms. The summed E-state index contributed by atoms with van der Waals surface area (Å²) in [5.41, 5.74) is 0.905. The van der Waals surface area contributed by atoms with E-state index in [1.165, 1.54) is 28.4 Å². The number of hydrogen-bond acceptors (Lipinski definition) is 3. The molecule has 1 amide bonds. The van der Waals surface area contributed by atoms with Crippen LogP contribution in [0.4, 0.5) is 4.39 Å². The molecule has 3 nitrogen and oxygen atoms in total. The molecule has 23 heavy (non-hydrogen) atoms. The third-order valence-electron chi connectivity index (χ3n) is 3.73. The highest BCUT2D eigenvalue weighted by molar-refractivity contribution is 7.18. The van der Waals surface area contributed by atoms with Gasteiger partial charge in [0.05, 0.1) is 21.8 Å². The van der Waals surface area contributed by atoms with Crippen LogP contribution in [-0.4, -0.2) is 22.8 Å². The van der Waals surface area contributed by atoms with E-state index in [0.29, 0.717) is 0 Å². The second-order valence-electron chi connectivity index (χ2n) is 5.24. The number of carbonyl (C=O) groups is 1. The first-order chi connectivity index (χ1) is 11.0. The van der Waals surface area contributed by atoms with E-state index in [0.717, 1.165) is 21.3 Å². The third kappa shape index (κ3) is 3.07. The smallest absolute Gasteiger partial charge is 0.257 e. The molecular weight excluding hydrogens is 335 g/mol. The van der Waals surface area contributed by atoms with Crippen molar-refractivity contribution in [2.45, 2.75) is 13.0 Å². The highest BCUT2D eigenvalue weighted by Crippen LogP contribution is 2.29. The molecule has 0 spiro atoms. The first kappa shape index (κ1) is 15.9. The fourth-order valence-electron chi connectivity index (χ4n) is 2.26. The number of aromatic nitrogens is 1. The Morgan fingerprint density at radius 2 is 2.04 bits per heavy atom. The minimum absolute atomic E-state index is 0.00450. The molecule has 1 aromatic heterocycles. The molecule has 1 heterocycles. The number of nitrogens with zero attached hydrogens (tertiary/aromatic N) is 2. The predicted octanol–water partition coefficient (Wildman–Crippen LogP) is 4.92. The highest BCUT2D eigenvalue weighted by Gasteiger charge is 2.23. The summed E-state index contributed by atoms with van der Waals surface area (Å²) in [6.45, 7) is 1.88. The first-order valence-electron chi connectivity index (χ1n) is 7.05. The topological polar surface area (TPSA) is 33.2 Å². The van der Waals surface area contributed by atoms with Gasteiger partial charge in [0.2, 0.25) is 0 Å². The lowest BCUT2D eigenvalue weighted by molar-refractivity contribution is 0.0738. The molecule has 3 aromatic rings. The van der Waals surface area contributed by atoms with Gasteiger partial charge in [-0.2, -0.15) is 0 Å². The molecule has 0 unspecified atom stereocenters. The molecule has 0 radical (unpaired) electrons.